The quantitative estimate of drug-likeness (QED) is 0.562. The molecule has 0 heterocycles. The Morgan fingerprint density at radius 2 is 1.68 bits per heavy atom. The molecule has 2 N–H and O–H groups in total. The van der Waals surface area contributed by atoms with Crippen LogP contribution in [0.3, 0.4) is 0 Å². The van der Waals surface area contributed by atoms with E-state index in [9.17, 15) is 14.0 Å². The third kappa shape index (κ3) is 6.01. The number of hydrazine groups is 1. The van der Waals surface area contributed by atoms with Crippen LogP contribution < -0.4 is 25.1 Å². The topological polar surface area (TPSA) is 85.9 Å². The number of ether oxygens (including phenoxy) is 3. The molecule has 0 bridgehead atoms. The van der Waals surface area contributed by atoms with Gasteiger partial charge in [-0.05, 0) is 42.8 Å². The zero-order valence-electron chi connectivity index (χ0n) is 15.7. The van der Waals surface area contributed by atoms with Crippen molar-refractivity contribution < 1.29 is 28.2 Å². The van der Waals surface area contributed by atoms with Gasteiger partial charge in [0.1, 0.15) is 11.5 Å². The smallest absolute Gasteiger partial charge is 0.279 e. The van der Waals surface area contributed by atoms with E-state index in [-0.39, 0.29) is 5.75 Å². The fourth-order valence-corrected chi connectivity index (χ4v) is 2.15. The molecule has 7 nitrogen and oxygen atoms in total. The Morgan fingerprint density at radius 3 is 2.29 bits per heavy atom. The molecule has 0 aliphatic heterocycles. The molecule has 0 unspecified atom stereocenters. The highest BCUT2D eigenvalue weighted by Gasteiger charge is 2.16. The number of para-hydroxylation sites is 1. The highest BCUT2D eigenvalue weighted by molar-refractivity contribution is 5.93. The predicted molar refractivity (Wildman–Crippen MR) is 101 cm³/mol. The van der Waals surface area contributed by atoms with Crippen LogP contribution in [-0.2, 0) is 9.59 Å². The first-order chi connectivity index (χ1) is 13.4. The zero-order valence-corrected chi connectivity index (χ0v) is 15.7. The number of carbonyl (C=O) groups is 2. The summed E-state index contributed by atoms with van der Waals surface area (Å²) in [7, 11) is 3.05. The van der Waals surface area contributed by atoms with Crippen molar-refractivity contribution in [1.29, 1.82) is 0 Å². The van der Waals surface area contributed by atoms with Gasteiger partial charge in [-0.15, -0.1) is 0 Å². The predicted octanol–water partition coefficient (Wildman–Crippen LogP) is 2.47. The van der Waals surface area contributed by atoms with E-state index in [1.165, 1.54) is 51.5 Å². The van der Waals surface area contributed by atoms with Gasteiger partial charge in [0.2, 0.25) is 0 Å². The van der Waals surface area contributed by atoms with Gasteiger partial charge in [-0.2, -0.15) is 0 Å². The molecule has 2 aromatic rings. The number of amides is 2. The summed E-state index contributed by atoms with van der Waals surface area (Å²) in [6, 6.07) is 10.9. The summed E-state index contributed by atoms with van der Waals surface area (Å²) in [4.78, 5) is 23.9. The summed E-state index contributed by atoms with van der Waals surface area (Å²) in [5.74, 6) is -0.675. The van der Waals surface area contributed by atoms with E-state index in [2.05, 4.69) is 10.9 Å². The van der Waals surface area contributed by atoms with Gasteiger partial charge in [-0.3, -0.25) is 20.4 Å². The van der Waals surface area contributed by atoms with Crippen molar-refractivity contribution in [2.75, 3.05) is 14.2 Å². The molecule has 148 valence electrons. The molecule has 1 atom stereocenters. The van der Waals surface area contributed by atoms with Crippen LogP contribution in [0.4, 0.5) is 4.39 Å². The second kappa shape index (κ2) is 9.96. The number of benzene rings is 2. The first kappa shape index (κ1) is 20.8. The average molecular weight is 388 g/mol. The number of methoxy groups -OCH3 is 2. The van der Waals surface area contributed by atoms with Crippen LogP contribution >= 0.6 is 0 Å². The zero-order chi connectivity index (χ0) is 20.5. The number of nitrogens with one attached hydrogen (secondary N) is 2. The Kier molecular flexibility index (Phi) is 7.38. The Hall–Kier alpha value is -3.55. The standard InChI is InChI=1S/C20H21FN2O5/c1-13(28-18-7-5-4-6-17(18)21)20(25)23-22-19(24)9-8-14-10-15(26-2)12-16(11-14)27-3/h4-13H,1-3H3,(H,22,24)(H,23,25)/b9-8+/t13-/m0/s1. The van der Waals surface area contributed by atoms with E-state index in [4.69, 9.17) is 14.2 Å². The molecule has 0 aliphatic carbocycles. The second-order valence-electron chi connectivity index (χ2n) is 5.65. The Bertz CT molecular complexity index is 847. The van der Waals surface area contributed by atoms with Crippen molar-refractivity contribution in [3.63, 3.8) is 0 Å². The van der Waals surface area contributed by atoms with Crippen molar-refractivity contribution in [1.82, 2.24) is 10.9 Å². The minimum atomic E-state index is -1.01. The van der Waals surface area contributed by atoms with Gasteiger partial charge in [-0.25, -0.2) is 4.39 Å². The third-order valence-electron chi connectivity index (χ3n) is 3.62. The lowest BCUT2D eigenvalue weighted by atomic mass is 10.2. The lowest BCUT2D eigenvalue weighted by Gasteiger charge is -2.15. The third-order valence-corrected chi connectivity index (χ3v) is 3.62. The van der Waals surface area contributed by atoms with Crippen molar-refractivity contribution in [3.8, 4) is 17.2 Å². The molecule has 0 aliphatic rings. The Morgan fingerprint density at radius 1 is 1.04 bits per heavy atom. The average Bonchev–Trinajstić information content (AvgIpc) is 2.71. The number of hydrogen-bond donors (Lipinski definition) is 2. The minimum absolute atomic E-state index is 0.0525. The molecule has 2 amide bonds. The Labute approximate surface area is 162 Å². The summed E-state index contributed by atoms with van der Waals surface area (Å²) in [5.41, 5.74) is 5.12. The number of rotatable bonds is 7. The van der Waals surface area contributed by atoms with Crippen LogP contribution in [0.15, 0.2) is 48.5 Å². The maximum atomic E-state index is 13.5. The van der Waals surface area contributed by atoms with Crippen LogP contribution in [0.25, 0.3) is 6.08 Å². The fourth-order valence-electron chi connectivity index (χ4n) is 2.15. The van der Waals surface area contributed by atoms with Gasteiger partial charge < -0.3 is 14.2 Å². The van der Waals surface area contributed by atoms with Gasteiger partial charge in [0.25, 0.3) is 11.8 Å². The summed E-state index contributed by atoms with van der Waals surface area (Å²) in [6.45, 7) is 1.44. The monoisotopic (exact) mass is 388 g/mol. The molecular formula is C20H21FN2O5. The van der Waals surface area contributed by atoms with Gasteiger partial charge in [0.05, 0.1) is 14.2 Å². The summed E-state index contributed by atoms with van der Waals surface area (Å²) < 4.78 is 29.1. The highest BCUT2D eigenvalue weighted by atomic mass is 19.1. The summed E-state index contributed by atoms with van der Waals surface area (Å²) in [6.07, 6.45) is 1.76. The number of halogens is 1. The lowest BCUT2D eigenvalue weighted by molar-refractivity contribution is -0.131. The van der Waals surface area contributed by atoms with Crippen LogP contribution in [0.1, 0.15) is 12.5 Å². The number of hydrogen-bond acceptors (Lipinski definition) is 5. The van der Waals surface area contributed by atoms with Gasteiger partial charge in [-0.1, -0.05) is 12.1 Å². The molecule has 8 heteroatoms. The molecule has 28 heavy (non-hydrogen) atoms. The molecule has 0 spiro atoms. The number of carbonyl (C=O) groups excluding carboxylic acids is 2. The maximum Gasteiger partial charge on any atom is 0.279 e. The molecular weight excluding hydrogens is 367 g/mol. The molecule has 0 saturated heterocycles. The molecule has 0 saturated carbocycles. The Balaban J connectivity index is 1.88. The first-order valence-corrected chi connectivity index (χ1v) is 8.35. The lowest BCUT2D eigenvalue weighted by Crippen LogP contribution is -2.46. The summed E-state index contributed by atoms with van der Waals surface area (Å²) >= 11 is 0. The largest absolute Gasteiger partial charge is 0.497 e. The normalized spacial score (nSPS) is 11.6. The van der Waals surface area contributed by atoms with Crippen LogP contribution in [-0.4, -0.2) is 32.1 Å². The van der Waals surface area contributed by atoms with Crippen molar-refractivity contribution in [2.45, 2.75) is 13.0 Å². The van der Waals surface area contributed by atoms with Crippen molar-refractivity contribution in [2.24, 2.45) is 0 Å². The van der Waals surface area contributed by atoms with E-state index in [0.717, 1.165) is 0 Å². The van der Waals surface area contributed by atoms with E-state index >= 15 is 0 Å². The van der Waals surface area contributed by atoms with E-state index in [0.29, 0.717) is 17.1 Å². The second-order valence-corrected chi connectivity index (χ2v) is 5.65. The van der Waals surface area contributed by atoms with Crippen LogP contribution in [0.5, 0.6) is 17.2 Å². The molecule has 0 radical (unpaired) electrons. The summed E-state index contributed by atoms with van der Waals surface area (Å²) in [5, 5.41) is 0. The van der Waals surface area contributed by atoms with E-state index < -0.39 is 23.7 Å². The molecule has 0 fully saturated rings. The SMILES string of the molecule is COc1cc(/C=C/C(=O)NNC(=O)[C@H](C)Oc2ccccc2F)cc(OC)c1. The van der Waals surface area contributed by atoms with Crippen LogP contribution in [0, 0.1) is 5.82 Å². The highest BCUT2D eigenvalue weighted by Crippen LogP contribution is 2.23. The molecule has 0 aromatic heterocycles. The minimum Gasteiger partial charge on any atom is -0.497 e. The van der Waals surface area contributed by atoms with Crippen molar-refractivity contribution in [3.05, 3.63) is 59.9 Å². The molecule has 2 aromatic carbocycles. The molecule has 2 rings (SSSR count). The van der Waals surface area contributed by atoms with Gasteiger partial charge in [0, 0.05) is 12.1 Å². The van der Waals surface area contributed by atoms with E-state index in [1.54, 1.807) is 24.3 Å². The van der Waals surface area contributed by atoms with Crippen molar-refractivity contribution >= 4 is 17.9 Å². The van der Waals surface area contributed by atoms with Crippen LogP contribution in [0.2, 0.25) is 0 Å². The van der Waals surface area contributed by atoms with E-state index in [1.807, 2.05) is 0 Å². The van der Waals surface area contributed by atoms with Gasteiger partial charge >= 0.3 is 0 Å². The van der Waals surface area contributed by atoms with Gasteiger partial charge in [0.15, 0.2) is 17.7 Å². The fraction of sp³-hybridized carbons (Fsp3) is 0.200. The maximum absolute atomic E-state index is 13.5. The first-order valence-electron chi connectivity index (χ1n) is 8.35.